The van der Waals surface area contributed by atoms with Gasteiger partial charge in [0, 0.05) is 24.1 Å². The van der Waals surface area contributed by atoms with Gasteiger partial charge in [0.1, 0.15) is 0 Å². The van der Waals surface area contributed by atoms with E-state index in [0.29, 0.717) is 16.6 Å². The molecule has 2 N–H and O–H groups in total. The molecule has 0 radical (unpaired) electrons. The van der Waals surface area contributed by atoms with Gasteiger partial charge in [-0.3, -0.25) is 4.90 Å². The lowest BCUT2D eigenvalue weighted by Gasteiger charge is -2.22. The van der Waals surface area contributed by atoms with Crippen LogP contribution in [0.15, 0.2) is 46.9 Å². The van der Waals surface area contributed by atoms with E-state index < -0.39 is 0 Å². The Morgan fingerprint density at radius 3 is 2.18 bits per heavy atom. The first kappa shape index (κ1) is 17.8. The number of benzene rings is 2. The molecule has 0 saturated carbocycles. The molecule has 2 rings (SSSR count). The molecule has 0 aliphatic heterocycles. The van der Waals surface area contributed by atoms with Gasteiger partial charge in [0.15, 0.2) is 0 Å². The second-order valence-electron chi connectivity index (χ2n) is 5.23. The van der Waals surface area contributed by atoms with Gasteiger partial charge < -0.3 is 5.73 Å². The van der Waals surface area contributed by atoms with Crippen molar-refractivity contribution < 1.29 is 0 Å². The van der Waals surface area contributed by atoms with Gasteiger partial charge in [-0.1, -0.05) is 57.3 Å². The third-order valence-corrected chi connectivity index (χ3v) is 4.66. The smallest absolute Gasteiger partial charge is 0.0595 e. The molecule has 5 heteroatoms. The van der Waals surface area contributed by atoms with E-state index in [4.69, 9.17) is 28.9 Å². The van der Waals surface area contributed by atoms with Gasteiger partial charge in [0.05, 0.1) is 10.0 Å². The van der Waals surface area contributed by atoms with Crippen LogP contribution in [0.3, 0.4) is 0 Å². The first-order valence-electron chi connectivity index (χ1n) is 7.19. The molecule has 0 atom stereocenters. The Morgan fingerprint density at radius 2 is 1.55 bits per heavy atom. The summed E-state index contributed by atoms with van der Waals surface area (Å²) in [6, 6.07) is 14.2. The molecule has 0 aliphatic carbocycles. The minimum absolute atomic E-state index is 0.590. The average Bonchev–Trinajstić information content (AvgIpc) is 2.51. The van der Waals surface area contributed by atoms with Crippen molar-refractivity contribution in [1.82, 2.24) is 4.90 Å². The molecule has 0 heterocycles. The summed E-state index contributed by atoms with van der Waals surface area (Å²) in [7, 11) is 0. The zero-order valence-corrected chi connectivity index (χ0v) is 15.3. The molecule has 2 aromatic rings. The van der Waals surface area contributed by atoms with Gasteiger partial charge in [-0.2, -0.15) is 0 Å². The van der Waals surface area contributed by atoms with E-state index in [2.05, 4.69) is 45.1 Å². The van der Waals surface area contributed by atoms with E-state index in [0.717, 1.165) is 36.1 Å². The Kier molecular flexibility index (Phi) is 7.19. The first-order chi connectivity index (χ1) is 10.6. The summed E-state index contributed by atoms with van der Waals surface area (Å²) >= 11 is 15.5. The van der Waals surface area contributed by atoms with Gasteiger partial charge >= 0.3 is 0 Å². The zero-order valence-electron chi connectivity index (χ0n) is 12.2. The lowest BCUT2D eigenvalue weighted by molar-refractivity contribution is 0.255. The number of rotatable bonds is 7. The Hall–Kier alpha value is -0.580. The highest BCUT2D eigenvalue weighted by atomic mass is 79.9. The summed E-state index contributed by atoms with van der Waals surface area (Å²) in [5.41, 5.74) is 8.09. The van der Waals surface area contributed by atoms with Gasteiger partial charge in [-0.15, -0.1) is 0 Å². The van der Waals surface area contributed by atoms with Crippen molar-refractivity contribution in [1.29, 1.82) is 0 Å². The molecule has 0 saturated heterocycles. The second kappa shape index (κ2) is 8.90. The Bertz CT molecular complexity index is 602. The fourth-order valence-corrected chi connectivity index (χ4v) is 2.86. The van der Waals surface area contributed by atoms with Crippen molar-refractivity contribution in [3.8, 4) is 0 Å². The largest absolute Gasteiger partial charge is 0.330 e. The summed E-state index contributed by atoms with van der Waals surface area (Å²) in [4.78, 5) is 2.37. The van der Waals surface area contributed by atoms with E-state index in [9.17, 15) is 0 Å². The fourth-order valence-electron chi connectivity index (χ4n) is 2.27. The molecule has 2 aromatic carbocycles. The average molecular weight is 402 g/mol. The Labute approximate surface area is 150 Å². The fraction of sp³-hybridized carbons (Fsp3) is 0.294. The minimum atomic E-state index is 0.590. The van der Waals surface area contributed by atoms with Crippen LogP contribution < -0.4 is 5.73 Å². The van der Waals surface area contributed by atoms with Crippen molar-refractivity contribution in [3.05, 3.63) is 68.1 Å². The maximum Gasteiger partial charge on any atom is 0.0595 e. The van der Waals surface area contributed by atoms with E-state index in [1.807, 2.05) is 18.2 Å². The predicted molar refractivity (Wildman–Crippen MR) is 98.4 cm³/mol. The highest BCUT2D eigenvalue weighted by Gasteiger charge is 2.08. The highest BCUT2D eigenvalue weighted by molar-refractivity contribution is 9.10. The molecule has 0 unspecified atom stereocenters. The van der Waals surface area contributed by atoms with E-state index in [-0.39, 0.29) is 0 Å². The monoisotopic (exact) mass is 400 g/mol. The normalized spacial score (nSPS) is 11.1. The van der Waals surface area contributed by atoms with Gasteiger partial charge in [-0.25, -0.2) is 0 Å². The summed E-state index contributed by atoms with van der Waals surface area (Å²) in [5.74, 6) is 0. The molecule has 118 valence electrons. The number of hydrogen-bond donors (Lipinski definition) is 1. The summed E-state index contributed by atoms with van der Waals surface area (Å²) in [6.07, 6.45) is 0.970. The van der Waals surface area contributed by atoms with Gasteiger partial charge in [-0.05, 0) is 48.4 Å². The quantitative estimate of drug-likeness (QED) is 0.698. The summed E-state index contributed by atoms with van der Waals surface area (Å²) in [6.45, 7) is 3.35. The molecule has 22 heavy (non-hydrogen) atoms. The Balaban J connectivity index is 2.07. The molecular formula is C17H19BrCl2N2. The Morgan fingerprint density at radius 1 is 0.909 bits per heavy atom. The molecular weight excluding hydrogens is 383 g/mol. The number of halogens is 3. The predicted octanol–water partition coefficient (Wildman–Crippen LogP) is 5.11. The maximum absolute atomic E-state index is 6.10. The van der Waals surface area contributed by atoms with Crippen LogP contribution in [-0.4, -0.2) is 18.0 Å². The standard InChI is InChI=1S/C17H19BrCl2N2/c18-15-5-2-13(3-6-15)11-22(9-1-8-21)12-14-4-7-16(19)17(20)10-14/h2-7,10H,1,8-9,11-12,21H2. The third kappa shape index (κ3) is 5.56. The number of nitrogens with zero attached hydrogens (tertiary/aromatic N) is 1. The first-order valence-corrected chi connectivity index (χ1v) is 8.74. The molecule has 2 nitrogen and oxygen atoms in total. The van der Waals surface area contributed by atoms with Crippen LogP contribution in [0.2, 0.25) is 10.0 Å². The molecule has 0 spiro atoms. The lowest BCUT2D eigenvalue weighted by Crippen LogP contribution is -2.25. The maximum atomic E-state index is 6.10. The van der Waals surface area contributed by atoms with E-state index >= 15 is 0 Å². The SMILES string of the molecule is NCCCN(Cc1ccc(Br)cc1)Cc1ccc(Cl)c(Cl)c1. The van der Waals surface area contributed by atoms with Crippen LogP contribution in [0.1, 0.15) is 17.5 Å². The van der Waals surface area contributed by atoms with Crippen molar-refractivity contribution in [2.75, 3.05) is 13.1 Å². The van der Waals surface area contributed by atoms with Crippen LogP contribution in [0, 0.1) is 0 Å². The highest BCUT2D eigenvalue weighted by Crippen LogP contribution is 2.23. The van der Waals surface area contributed by atoms with Crippen LogP contribution in [0.25, 0.3) is 0 Å². The molecule has 0 aromatic heterocycles. The summed E-state index contributed by atoms with van der Waals surface area (Å²) in [5, 5.41) is 1.19. The number of nitrogens with two attached hydrogens (primary N) is 1. The van der Waals surface area contributed by atoms with Gasteiger partial charge in [0.25, 0.3) is 0 Å². The second-order valence-corrected chi connectivity index (χ2v) is 6.96. The molecule has 0 amide bonds. The number of hydrogen-bond acceptors (Lipinski definition) is 2. The zero-order chi connectivity index (χ0) is 15.9. The van der Waals surface area contributed by atoms with Crippen LogP contribution in [-0.2, 0) is 13.1 Å². The molecule has 0 aliphatic rings. The van der Waals surface area contributed by atoms with Crippen LogP contribution in [0.5, 0.6) is 0 Å². The minimum Gasteiger partial charge on any atom is -0.330 e. The van der Waals surface area contributed by atoms with Crippen molar-refractivity contribution in [2.45, 2.75) is 19.5 Å². The topological polar surface area (TPSA) is 29.3 Å². The van der Waals surface area contributed by atoms with Gasteiger partial charge in [0.2, 0.25) is 0 Å². The van der Waals surface area contributed by atoms with E-state index in [1.54, 1.807) is 0 Å². The van der Waals surface area contributed by atoms with Crippen LogP contribution >= 0.6 is 39.1 Å². The molecule has 0 fully saturated rings. The lowest BCUT2D eigenvalue weighted by atomic mass is 10.1. The van der Waals surface area contributed by atoms with E-state index in [1.165, 1.54) is 5.56 Å². The van der Waals surface area contributed by atoms with Crippen molar-refractivity contribution in [3.63, 3.8) is 0 Å². The third-order valence-electron chi connectivity index (χ3n) is 3.39. The van der Waals surface area contributed by atoms with Crippen molar-refractivity contribution in [2.24, 2.45) is 5.73 Å². The van der Waals surface area contributed by atoms with Crippen molar-refractivity contribution >= 4 is 39.1 Å². The summed E-state index contributed by atoms with van der Waals surface area (Å²) < 4.78 is 1.09. The molecule has 0 bridgehead atoms. The van der Waals surface area contributed by atoms with Crippen LogP contribution in [0.4, 0.5) is 0 Å².